The Morgan fingerprint density at radius 2 is 2.33 bits per heavy atom. The smallest absolute Gasteiger partial charge is 0.259 e. The minimum Gasteiger partial charge on any atom is -0.469 e. The van der Waals surface area contributed by atoms with Crippen LogP contribution in [-0.2, 0) is 0 Å². The van der Waals surface area contributed by atoms with Gasteiger partial charge < -0.3 is 9.64 Å². The third-order valence-electron chi connectivity index (χ3n) is 2.89. The summed E-state index contributed by atoms with van der Waals surface area (Å²) < 4.78 is 5.87. The second kappa shape index (κ2) is 5.76. The van der Waals surface area contributed by atoms with E-state index >= 15 is 0 Å². The van der Waals surface area contributed by atoms with E-state index in [9.17, 15) is 4.79 Å². The summed E-state index contributed by atoms with van der Waals surface area (Å²) in [6, 6.07) is 3.46. The summed E-state index contributed by atoms with van der Waals surface area (Å²) in [7, 11) is 1.76. The van der Waals surface area contributed by atoms with Crippen LogP contribution in [0.2, 0.25) is 0 Å². The zero-order valence-corrected chi connectivity index (χ0v) is 11.9. The maximum atomic E-state index is 12.1. The predicted octanol–water partition coefficient (Wildman–Crippen LogP) is 2.36. The Bertz CT molecular complexity index is 442. The summed E-state index contributed by atoms with van der Waals surface area (Å²) >= 11 is 5.79. The van der Waals surface area contributed by atoms with E-state index in [4.69, 9.17) is 16.3 Å². The molecule has 18 heavy (non-hydrogen) atoms. The van der Waals surface area contributed by atoms with Crippen LogP contribution in [-0.4, -0.2) is 40.9 Å². The van der Waals surface area contributed by atoms with Gasteiger partial charge in [-0.05, 0) is 19.1 Å². The zero-order chi connectivity index (χ0) is 12.5. The van der Waals surface area contributed by atoms with Crippen LogP contribution in [0.1, 0.15) is 23.7 Å². The molecule has 0 aromatic carbocycles. The quantitative estimate of drug-likeness (QED) is 0.786. The van der Waals surface area contributed by atoms with Crippen molar-refractivity contribution < 1.29 is 9.53 Å². The van der Waals surface area contributed by atoms with Crippen LogP contribution in [0, 0.1) is 0 Å². The van der Waals surface area contributed by atoms with E-state index in [2.05, 4.69) is 4.98 Å². The van der Waals surface area contributed by atoms with Gasteiger partial charge in [0.25, 0.3) is 5.91 Å². The summed E-state index contributed by atoms with van der Waals surface area (Å²) in [5.41, 5.74) is 0.0273. The molecule has 1 aliphatic rings. The van der Waals surface area contributed by atoms with E-state index in [0.29, 0.717) is 30.3 Å². The molecule has 1 amide bonds. The van der Waals surface area contributed by atoms with E-state index in [-0.39, 0.29) is 18.3 Å². The Hall–Kier alpha value is -1.00. The fraction of sp³-hybridized carbons (Fsp3) is 0.500. The van der Waals surface area contributed by atoms with Gasteiger partial charge in [0.2, 0.25) is 5.88 Å². The Morgan fingerprint density at radius 1 is 1.61 bits per heavy atom. The number of halogens is 2. The molecule has 0 N–H and O–H groups in total. The molecule has 6 heteroatoms. The fourth-order valence-electron chi connectivity index (χ4n) is 2.01. The first-order valence-electron chi connectivity index (χ1n) is 5.51. The van der Waals surface area contributed by atoms with E-state index < -0.39 is 5.60 Å². The number of pyridine rings is 1. The highest BCUT2D eigenvalue weighted by atomic mass is 35.5. The number of rotatable bonds is 2. The fourth-order valence-corrected chi connectivity index (χ4v) is 2.41. The van der Waals surface area contributed by atoms with Crippen LogP contribution >= 0.6 is 24.0 Å². The van der Waals surface area contributed by atoms with Crippen molar-refractivity contribution in [3.63, 3.8) is 0 Å². The van der Waals surface area contributed by atoms with Crippen molar-refractivity contribution in [1.82, 2.24) is 9.88 Å². The first-order valence-corrected chi connectivity index (χ1v) is 6.05. The summed E-state index contributed by atoms with van der Waals surface area (Å²) in [6.45, 7) is 2.46. The van der Waals surface area contributed by atoms with Crippen LogP contribution in [0.15, 0.2) is 18.3 Å². The van der Waals surface area contributed by atoms with Crippen molar-refractivity contribution in [3.8, 4) is 5.88 Å². The molecular weight excluding hydrogens is 275 g/mol. The van der Waals surface area contributed by atoms with Crippen molar-refractivity contribution in [2.75, 3.05) is 19.5 Å². The zero-order valence-electron chi connectivity index (χ0n) is 10.4. The molecule has 100 valence electrons. The molecule has 0 fully saturated rings. The standard InChI is InChI=1S/C12H15ClN2O2.ClH/c1-12(5-6-13)8-15(2)11(16)9-4-3-7-14-10(9)17-12;/h3-4,7H,5-6,8H2,1-2H3;1H. The van der Waals surface area contributed by atoms with Crippen molar-refractivity contribution >= 4 is 29.9 Å². The number of amides is 1. The van der Waals surface area contributed by atoms with Gasteiger partial charge in [-0.2, -0.15) is 0 Å². The van der Waals surface area contributed by atoms with Crippen LogP contribution < -0.4 is 4.74 Å². The monoisotopic (exact) mass is 290 g/mol. The lowest BCUT2D eigenvalue weighted by Crippen LogP contribution is -2.43. The molecule has 2 heterocycles. The average Bonchev–Trinajstić information content (AvgIpc) is 2.36. The molecule has 0 radical (unpaired) electrons. The highest BCUT2D eigenvalue weighted by Crippen LogP contribution is 2.28. The van der Waals surface area contributed by atoms with Crippen LogP contribution in [0.4, 0.5) is 0 Å². The number of aromatic nitrogens is 1. The molecule has 0 spiro atoms. The van der Waals surface area contributed by atoms with Crippen molar-refractivity contribution in [2.45, 2.75) is 18.9 Å². The maximum Gasteiger partial charge on any atom is 0.259 e. The van der Waals surface area contributed by atoms with E-state index in [1.54, 1.807) is 30.3 Å². The average molecular weight is 291 g/mol. The molecule has 4 nitrogen and oxygen atoms in total. The van der Waals surface area contributed by atoms with Gasteiger partial charge in [-0.3, -0.25) is 4.79 Å². The highest BCUT2D eigenvalue weighted by molar-refractivity contribution is 6.17. The van der Waals surface area contributed by atoms with Gasteiger partial charge >= 0.3 is 0 Å². The normalized spacial score (nSPS) is 22.6. The SMILES string of the molecule is CN1CC(C)(CCCl)Oc2ncccc2C1=O.Cl. The number of fused-ring (bicyclic) bond motifs is 1. The number of carbonyl (C=O) groups excluding carboxylic acids is 1. The van der Waals surface area contributed by atoms with Gasteiger partial charge in [0.15, 0.2) is 0 Å². The number of likely N-dealkylation sites (N-methyl/N-ethyl adjacent to an activating group) is 1. The number of alkyl halides is 1. The number of hydrogen-bond donors (Lipinski definition) is 0. The summed E-state index contributed by atoms with van der Waals surface area (Å²) in [4.78, 5) is 17.9. The second-order valence-corrected chi connectivity index (χ2v) is 4.89. The van der Waals surface area contributed by atoms with Gasteiger partial charge in [-0.25, -0.2) is 4.98 Å². The lowest BCUT2D eigenvalue weighted by Gasteiger charge is -2.30. The van der Waals surface area contributed by atoms with Crippen LogP contribution in [0.25, 0.3) is 0 Å². The molecule has 0 saturated carbocycles. The lowest BCUT2D eigenvalue weighted by atomic mass is 10.0. The summed E-state index contributed by atoms with van der Waals surface area (Å²) in [6.07, 6.45) is 2.29. The maximum absolute atomic E-state index is 12.1. The van der Waals surface area contributed by atoms with E-state index in [1.807, 2.05) is 6.92 Å². The Morgan fingerprint density at radius 3 is 3.00 bits per heavy atom. The largest absolute Gasteiger partial charge is 0.469 e. The summed E-state index contributed by atoms with van der Waals surface area (Å²) in [5, 5.41) is 0. The van der Waals surface area contributed by atoms with Crippen molar-refractivity contribution in [1.29, 1.82) is 0 Å². The van der Waals surface area contributed by atoms with Gasteiger partial charge in [0.1, 0.15) is 11.2 Å². The Labute approximate surface area is 118 Å². The molecule has 1 aromatic heterocycles. The second-order valence-electron chi connectivity index (χ2n) is 4.51. The number of hydrogen-bond acceptors (Lipinski definition) is 3. The van der Waals surface area contributed by atoms with E-state index in [0.717, 1.165) is 0 Å². The minimum absolute atomic E-state index is 0. The van der Waals surface area contributed by atoms with Gasteiger partial charge in [-0.15, -0.1) is 24.0 Å². The molecule has 0 saturated heterocycles. The first-order chi connectivity index (χ1) is 8.06. The number of carbonyl (C=O) groups is 1. The molecule has 0 aliphatic carbocycles. The summed E-state index contributed by atoms with van der Waals surface area (Å²) in [5.74, 6) is 0.821. The number of nitrogens with zero attached hydrogens (tertiary/aromatic N) is 2. The molecule has 1 aliphatic heterocycles. The Kier molecular flexibility index (Phi) is 4.82. The molecule has 1 aromatic rings. The number of ether oxygens (including phenoxy) is 1. The van der Waals surface area contributed by atoms with Gasteiger partial charge in [0.05, 0.1) is 6.54 Å². The third-order valence-corrected chi connectivity index (χ3v) is 3.08. The first kappa shape index (κ1) is 15.1. The van der Waals surface area contributed by atoms with Gasteiger partial charge in [-0.1, -0.05) is 0 Å². The lowest BCUT2D eigenvalue weighted by molar-refractivity contribution is 0.0481. The van der Waals surface area contributed by atoms with Gasteiger partial charge in [0, 0.05) is 25.5 Å². The molecule has 1 atom stereocenters. The molecular formula is C12H16Cl2N2O2. The van der Waals surface area contributed by atoms with Crippen molar-refractivity contribution in [2.24, 2.45) is 0 Å². The highest BCUT2D eigenvalue weighted by Gasteiger charge is 2.35. The predicted molar refractivity (Wildman–Crippen MR) is 72.8 cm³/mol. The minimum atomic E-state index is -0.480. The van der Waals surface area contributed by atoms with Crippen LogP contribution in [0.5, 0.6) is 5.88 Å². The third kappa shape index (κ3) is 2.87. The Balaban J connectivity index is 0.00000162. The molecule has 2 rings (SSSR count). The van der Waals surface area contributed by atoms with Crippen LogP contribution in [0.3, 0.4) is 0 Å². The topological polar surface area (TPSA) is 42.4 Å². The molecule has 1 unspecified atom stereocenters. The van der Waals surface area contributed by atoms with E-state index in [1.165, 1.54) is 0 Å². The van der Waals surface area contributed by atoms with Crippen molar-refractivity contribution in [3.05, 3.63) is 23.9 Å². The molecule has 0 bridgehead atoms.